The second-order valence-corrected chi connectivity index (χ2v) is 6.68. The highest BCUT2D eigenvalue weighted by molar-refractivity contribution is 9.10. The summed E-state index contributed by atoms with van der Waals surface area (Å²) in [7, 11) is 0. The molecule has 8 heteroatoms. The van der Waals surface area contributed by atoms with Crippen LogP contribution in [0, 0.1) is 11.6 Å². The summed E-state index contributed by atoms with van der Waals surface area (Å²) in [6, 6.07) is 6.64. The van der Waals surface area contributed by atoms with Crippen molar-refractivity contribution in [3.8, 4) is 0 Å². The van der Waals surface area contributed by atoms with Crippen LogP contribution in [0.25, 0.3) is 0 Å². The zero-order valence-electron chi connectivity index (χ0n) is 13.3. The number of pyridine rings is 1. The summed E-state index contributed by atoms with van der Waals surface area (Å²) in [5.74, 6) is -2.13. The molecule has 3 aromatic rings. The maximum Gasteiger partial charge on any atom is 0.137 e. The van der Waals surface area contributed by atoms with Gasteiger partial charge < -0.3 is 5.11 Å². The van der Waals surface area contributed by atoms with E-state index in [-0.39, 0.29) is 12.1 Å². The Balaban J connectivity index is 2.09. The number of aliphatic hydroxyl groups is 1. The minimum absolute atomic E-state index is 0.0263. The second-order valence-electron chi connectivity index (χ2n) is 5.76. The van der Waals surface area contributed by atoms with Gasteiger partial charge in [-0.25, -0.2) is 18.4 Å². The molecule has 1 unspecified atom stereocenters. The molecule has 0 saturated carbocycles. The van der Waals surface area contributed by atoms with Crippen molar-refractivity contribution in [3.63, 3.8) is 0 Å². The van der Waals surface area contributed by atoms with Gasteiger partial charge in [0.25, 0.3) is 0 Å². The normalized spacial score (nSPS) is 14.9. The summed E-state index contributed by atoms with van der Waals surface area (Å²) in [4.78, 5) is 8.14. The molecule has 0 bridgehead atoms. The first kappa shape index (κ1) is 17.6. The van der Waals surface area contributed by atoms with Gasteiger partial charge in [-0.2, -0.15) is 5.10 Å². The first-order valence-corrected chi connectivity index (χ1v) is 8.31. The van der Waals surface area contributed by atoms with Crippen molar-refractivity contribution < 1.29 is 13.9 Å². The van der Waals surface area contributed by atoms with E-state index in [0.29, 0.717) is 5.69 Å². The molecule has 25 heavy (non-hydrogen) atoms. The summed E-state index contributed by atoms with van der Waals surface area (Å²) in [5, 5.41) is 15.4. The van der Waals surface area contributed by atoms with Gasteiger partial charge >= 0.3 is 0 Å². The van der Waals surface area contributed by atoms with Crippen LogP contribution in [-0.2, 0) is 12.1 Å². The van der Waals surface area contributed by atoms with Gasteiger partial charge in [0.15, 0.2) is 0 Å². The molecule has 0 aliphatic heterocycles. The molecule has 2 atom stereocenters. The molecule has 0 radical (unpaired) electrons. The number of halogens is 3. The van der Waals surface area contributed by atoms with Crippen LogP contribution in [0.4, 0.5) is 8.78 Å². The number of hydrogen-bond donors (Lipinski definition) is 1. The fourth-order valence-electron chi connectivity index (χ4n) is 2.75. The molecular formula is C17H15BrF2N4O. The smallest absolute Gasteiger partial charge is 0.137 e. The Morgan fingerprint density at radius 2 is 2.08 bits per heavy atom. The molecule has 0 amide bonds. The predicted octanol–water partition coefficient (Wildman–Crippen LogP) is 3.41. The Bertz CT molecular complexity index is 858. The Kier molecular flexibility index (Phi) is 4.91. The first-order valence-electron chi connectivity index (χ1n) is 7.52. The molecule has 2 heterocycles. The highest BCUT2D eigenvalue weighted by Gasteiger charge is 2.40. The van der Waals surface area contributed by atoms with Crippen molar-refractivity contribution in [2.45, 2.75) is 25.0 Å². The topological polar surface area (TPSA) is 63.8 Å². The Morgan fingerprint density at radius 3 is 2.68 bits per heavy atom. The van der Waals surface area contributed by atoms with Crippen LogP contribution in [0.2, 0.25) is 0 Å². The molecule has 5 nitrogen and oxygen atoms in total. The second kappa shape index (κ2) is 6.97. The molecule has 130 valence electrons. The Morgan fingerprint density at radius 1 is 1.28 bits per heavy atom. The summed E-state index contributed by atoms with van der Waals surface area (Å²) < 4.78 is 29.9. The summed E-state index contributed by atoms with van der Waals surface area (Å²) in [6.45, 7) is 1.67. The van der Waals surface area contributed by atoms with Gasteiger partial charge in [-0.3, -0.25) is 4.98 Å². The lowest BCUT2D eigenvalue weighted by molar-refractivity contribution is -0.0123. The third-order valence-electron chi connectivity index (χ3n) is 4.18. The van der Waals surface area contributed by atoms with E-state index in [1.54, 1.807) is 25.3 Å². The fraction of sp³-hybridized carbons (Fsp3) is 0.235. The Labute approximate surface area is 151 Å². The molecule has 0 saturated heterocycles. The third-order valence-corrected chi connectivity index (χ3v) is 4.65. The maximum atomic E-state index is 14.4. The average Bonchev–Trinajstić information content (AvgIpc) is 3.07. The third kappa shape index (κ3) is 3.59. The van der Waals surface area contributed by atoms with Crippen LogP contribution >= 0.6 is 15.9 Å². The molecule has 0 fully saturated rings. The van der Waals surface area contributed by atoms with Gasteiger partial charge in [-0.15, -0.1) is 0 Å². The highest BCUT2D eigenvalue weighted by atomic mass is 79.9. The molecule has 1 aromatic carbocycles. The monoisotopic (exact) mass is 408 g/mol. The lowest BCUT2D eigenvalue weighted by Gasteiger charge is -2.34. The van der Waals surface area contributed by atoms with E-state index in [0.717, 1.165) is 16.6 Å². The number of hydrogen-bond acceptors (Lipinski definition) is 4. The molecule has 0 aliphatic rings. The van der Waals surface area contributed by atoms with Crippen molar-refractivity contribution in [3.05, 3.63) is 76.5 Å². The SMILES string of the molecule is C[C@@H](c1ccc(Br)cn1)C(O)(Cn1cncn1)c1ccc(F)cc1F. The van der Waals surface area contributed by atoms with Crippen molar-refractivity contribution in [2.75, 3.05) is 0 Å². The number of rotatable bonds is 5. The van der Waals surface area contributed by atoms with Crippen LogP contribution in [0.1, 0.15) is 24.1 Å². The zero-order chi connectivity index (χ0) is 18.0. The lowest BCUT2D eigenvalue weighted by atomic mass is 9.79. The van der Waals surface area contributed by atoms with Crippen molar-refractivity contribution in [2.24, 2.45) is 0 Å². The van der Waals surface area contributed by atoms with Gasteiger partial charge in [0, 0.05) is 33.9 Å². The van der Waals surface area contributed by atoms with E-state index in [9.17, 15) is 13.9 Å². The van der Waals surface area contributed by atoms with Crippen molar-refractivity contribution in [1.82, 2.24) is 19.7 Å². The van der Waals surface area contributed by atoms with Crippen molar-refractivity contribution in [1.29, 1.82) is 0 Å². The summed E-state index contributed by atoms with van der Waals surface area (Å²) >= 11 is 3.31. The number of nitrogens with zero attached hydrogens (tertiary/aromatic N) is 4. The molecule has 0 aliphatic carbocycles. The number of benzene rings is 1. The largest absolute Gasteiger partial charge is 0.382 e. The standard InChI is InChI=1S/C17H15BrF2N4O/c1-11(16-5-2-12(18)7-22-16)17(25,8-24-10-21-9-23-24)14-4-3-13(19)6-15(14)20/h2-7,9-11,25H,8H2,1H3/t11-,17?/m0/s1. The minimum atomic E-state index is -1.70. The molecule has 0 spiro atoms. The molecular weight excluding hydrogens is 394 g/mol. The van der Waals surface area contributed by atoms with Crippen LogP contribution in [0.15, 0.2) is 53.7 Å². The Hall–Kier alpha value is -2.19. The zero-order valence-corrected chi connectivity index (χ0v) is 14.9. The van der Waals surface area contributed by atoms with E-state index in [1.807, 2.05) is 0 Å². The van der Waals surface area contributed by atoms with Crippen LogP contribution in [0.3, 0.4) is 0 Å². The van der Waals surface area contributed by atoms with Crippen LogP contribution < -0.4 is 0 Å². The first-order chi connectivity index (χ1) is 11.9. The van der Waals surface area contributed by atoms with E-state index in [2.05, 4.69) is 31.0 Å². The van der Waals surface area contributed by atoms with Gasteiger partial charge in [-0.1, -0.05) is 13.0 Å². The molecule has 2 aromatic heterocycles. The van der Waals surface area contributed by atoms with E-state index in [1.165, 1.54) is 23.4 Å². The quantitative estimate of drug-likeness (QED) is 0.702. The van der Waals surface area contributed by atoms with Gasteiger partial charge in [0.2, 0.25) is 0 Å². The van der Waals surface area contributed by atoms with Gasteiger partial charge in [0.05, 0.1) is 6.54 Å². The molecule has 1 N–H and O–H groups in total. The van der Waals surface area contributed by atoms with E-state index < -0.39 is 23.2 Å². The minimum Gasteiger partial charge on any atom is -0.382 e. The fourth-order valence-corrected chi connectivity index (χ4v) is 2.98. The highest BCUT2D eigenvalue weighted by Crippen LogP contribution is 2.39. The summed E-state index contributed by atoms with van der Waals surface area (Å²) in [5.41, 5.74) is -1.16. The van der Waals surface area contributed by atoms with Crippen LogP contribution in [0.5, 0.6) is 0 Å². The van der Waals surface area contributed by atoms with E-state index >= 15 is 0 Å². The van der Waals surface area contributed by atoms with Gasteiger partial charge in [0.1, 0.15) is 29.9 Å². The number of aromatic nitrogens is 4. The molecule has 3 rings (SSSR count). The average molecular weight is 409 g/mol. The van der Waals surface area contributed by atoms with E-state index in [4.69, 9.17) is 0 Å². The van der Waals surface area contributed by atoms with Crippen LogP contribution in [-0.4, -0.2) is 24.9 Å². The van der Waals surface area contributed by atoms with Crippen molar-refractivity contribution >= 4 is 15.9 Å². The predicted molar refractivity (Wildman–Crippen MR) is 90.6 cm³/mol. The van der Waals surface area contributed by atoms with Gasteiger partial charge in [-0.05, 0) is 34.1 Å². The summed E-state index contributed by atoms with van der Waals surface area (Å²) in [6.07, 6.45) is 4.35. The maximum absolute atomic E-state index is 14.4. The lowest BCUT2D eigenvalue weighted by Crippen LogP contribution is -2.38.